The van der Waals surface area contributed by atoms with Crippen molar-refractivity contribution in [2.24, 2.45) is 0 Å². The van der Waals surface area contributed by atoms with Gasteiger partial charge in [-0.3, -0.25) is 10.1 Å². The highest BCUT2D eigenvalue weighted by atomic mass is 35.5. The van der Waals surface area contributed by atoms with Crippen molar-refractivity contribution in [1.29, 1.82) is 0 Å². The number of nitrogens with zero attached hydrogens (tertiary/aromatic N) is 1. The summed E-state index contributed by atoms with van der Waals surface area (Å²) in [5.41, 5.74) is 3.89. The van der Waals surface area contributed by atoms with Gasteiger partial charge >= 0.3 is 0 Å². The molecule has 1 amide bonds. The van der Waals surface area contributed by atoms with Crippen molar-refractivity contribution in [2.75, 3.05) is 11.9 Å². The normalized spacial score (nSPS) is 10.5. The highest BCUT2D eigenvalue weighted by Crippen LogP contribution is 2.30. The zero-order valence-corrected chi connectivity index (χ0v) is 15.4. The number of nitrogens with one attached hydrogen (secondary N) is 1. The molecule has 0 saturated carbocycles. The van der Waals surface area contributed by atoms with Gasteiger partial charge in [-0.05, 0) is 43.2 Å². The number of ether oxygens (including phenoxy) is 1. The molecule has 2 aromatic carbocycles. The fourth-order valence-corrected chi connectivity index (χ4v) is 3.19. The van der Waals surface area contributed by atoms with Crippen LogP contribution in [0, 0.1) is 13.8 Å². The minimum atomic E-state index is -0.252. The lowest BCUT2D eigenvalue weighted by atomic mass is 10.1. The number of aryl methyl sites for hydroxylation is 2. The predicted molar refractivity (Wildman–Crippen MR) is 103 cm³/mol. The summed E-state index contributed by atoms with van der Waals surface area (Å²) in [7, 11) is 0. The van der Waals surface area contributed by atoms with E-state index in [-0.39, 0.29) is 12.5 Å². The summed E-state index contributed by atoms with van der Waals surface area (Å²) >= 11 is 7.52. The Hall–Kier alpha value is -2.37. The first-order chi connectivity index (χ1) is 12.0. The second-order valence-corrected chi connectivity index (χ2v) is 6.87. The topological polar surface area (TPSA) is 51.2 Å². The molecule has 0 spiro atoms. The van der Waals surface area contributed by atoms with E-state index in [2.05, 4.69) is 10.3 Å². The Morgan fingerprint density at radius 2 is 2.00 bits per heavy atom. The van der Waals surface area contributed by atoms with E-state index >= 15 is 0 Å². The van der Waals surface area contributed by atoms with Crippen LogP contribution in [-0.4, -0.2) is 17.5 Å². The lowest BCUT2D eigenvalue weighted by Gasteiger charge is -2.08. The number of carbonyl (C=O) groups is 1. The van der Waals surface area contributed by atoms with E-state index in [1.807, 2.05) is 61.7 Å². The monoisotopic (exact) mass is 372 g/mol. The molecule has 1 heterocycles. The molecule has 6 heteroatoms. The zero-order valence-electron chi connectivity index (χ0n) is 13.9. The number of amides is 1. The summed E-state index contributed by atoms with van der Waals surface area (Å²) in [6.45, 7) is 3.97. The van der Waals surface area contributed by atoms with E-state index in [1.165, 1.54) is 16.9 Å². The molecule has 4 nitrogen and oxygen atoms in total. The summed E-state index contributed by atoms with van der Waals surface area (Å²) in [6.07, 6.45) is 0. The number of rotatable bonds is 5. The molecule has 0 atom stereocenters. The van der Waals surface area contributed by atoms with Crippen LogP contribution in [-0.2, 0) is 4.79 Å². The van der Waals surface area contributed by atoms with E-state index in [0.717, 1.165) is 16.8 Å². The third kappa shape index (κ3) is 4.38. The summed E-state index contributed by atoms with van der Waals surface area (Å²) in [5, 5.41) is 5.76. The molecular formula is C19H17ClN2O2S. The first-order valence-electron chi connectivity index (χ1n) is 7.73. The number of aromatic nitrogens is 1. The highest BCUT2D eigenvalue weighted by molar-refractivity contribution is 7.14. The van der Waals surface area contributed by atoms with Crippen LogP contribution in [0.2, 0.25) is 5.02 Å². The Balaban J connectivity index is 1.60. The van der Waals surface area contributed by atoms with E-state index in [9.17, 15) is 4.79 Å². The zero-order chi connectivity index (χ0) is 17.8. The van der Waals surface area contributed by atoms with Gasteiger partial charge in [0.2, 0.25) is 0 Å². The molecule has 0 fully saturated rings. The number of hydrogen-bond donors (Lipinski definition) is 1. The fourth-order valence-electron chi connectivity index (χ4n) is 2.23. The number of benzene rings is 2. The SMILES string of the molecule is Cc1ccc(OCC(=O)Nc2nc(-c3ccccc3Cl)cs2)cc1C. The Labute approximate surface area is 155 Å². The molecule has 1 N–H and O–H groups in total. The lowest BCUT2D eigenvalue weighted by Crippen LogP contribution is -2.20. The minimum Gasteiger partial charge on any atom is -0.484 e. The van der Waals surface area contributed by atoms with Gasteiger partial charge in [0.15, 0.2) is 11.7 Å². The van der Waals surface area contributed by atoms with E-state index in [1.54, 1.807) is 0 Å². The van der Waals surface area contributed by atoms with Crippen molar-refractivity contribution in [1.82, 2.24) is 4.98 Å². The molecule has 3 rings (SSSR count). The highest BCUT2D eigenvalue weighted by Gasteiger charge is 2.10. The van der Waals surface area contributed by atoms with Crippen molar-refractivity contribution in [3.8, 4) is 17.0 Å². The molecule has 3 aromatic rings. The van der Waals surface area contributed by atoms with Crippen LogP contribution < -0.4 is 10.1 Å². The summed E-state index contributed by atoms with van der Waals surface area (Å²) in [6, 6.07) is 13.2. The van der Waals surface area contributed by atoms with Crippen LogP contribution in [0.1, 0.15) is 11.1 Å². The Morgan fingerprint density at radius 3 is 2.76 bits per heavy atom. The van der Waals surface area contributed by atoms with Gasteiger partial charge in [0.05, 0.1) is 5.69 Å². The van der Waals surface area contributed by atoms with Gasteiger partial charge in [0.25, 0.3) is 5.91 Å². The van der Waals surface area contributed by atoms with Gasteiger partial charge in [-0.15, -0.1) is 11.3 Å². The Kier molecular flexibility index (Phi) is 5.36. The third-order valence-corrected chi connectivity index (χ3v) is 4.84. The maximum atomic E-state index is 12.1. The van der Waals surface area contributed by atoms with Gasteiger partial charge < -0.3 is 4.74 Å². The van der Waals surface area contributed by atoms with Crippen LogP contribution in [0.25, 0.3) is 11.3 Å². The quantitative estimate of drug-likeness (QED) is 0.678. The maximum absolute atomic E-state index is 12.1. The number of halogens is 1. The standard InChI is InChI=1S/C19H17ClN2O2S/c1-12-7-8-14(9-13(12)2)24-10-18(23)22-19-21-17(11-25-19)15-5-3-4-6-16(15)20/h3-9,11H,10H2,1-2H3,(H,21,22,23). The average Bonchev–Trinajstić information content (AvgIpc) is 3.04. The van der Waals surface area contributed by atoms with Crippen LogP contribution in [0.3, 0.4) is 0 Å². The molecule has 0 radical (unpaired) electrons. The first kappa shape index (κ1) is 17.5. The van der Waals surface area contributed by atoms with E-state index < -0.39 is 0 Å². The van der Waals surface area contributed by atoms with Gasteiger partial charge in [-0.25, -0.2) is 4.98 Å². The van der Waals surface area contributed by atoms with Crippen molar-refractivity contribution in [3.05, 3.63) is 64.0 Å². The summed E-state index contributed by atoms with van der Waals surface area (Å²) in [4.78, 5) is 16.5. The molecular weight excluding hydrogens is 356 g/mol. The van der Waals surface area contributed by atoms with Gasteiger partial charge in [0.1, 0.15) is 5.75 Å². The van der Waals surface area contributed by atoms with Gasteiger partial charge in [0, 0.05) is 16.0 Å². The van der Waals surface area contributed by atoms with E-state index in [0.29, 0.717) is 15.9 Å². The van der Waals surface area contributed by atoms with Crippen molar-refractivity contribution >= 4 is 34.0 Å². The second-order valence-electron chi connectivity index (χ2n) is 5.60. The average molecular weight is 373 g/mol. The molecule has 0 aliphatic carbocycles. The number of hydrogen-bond acceptors (Lipinski definition) is 4. The molecule has 0 unspecified atom stereocenters. The van der Waals surface area contributed by atoms with Crippen LogP contribution in [0.15, 0.2) is 47.8 Å². The van der Waals surface area contributed by atoms with Gasteiger partial charge in [-0.1, -0.05) is 35.9 Å². The number of thiazole rings is 1. The molecule has 0 saturated heterocycles. The van der Waals surface area contributed by atoms with Crippen LogP contribution in [0.4, 0.5) is 5.13 Å². The number of carbonyl (C=O) groups excluding carboxylic acids is 1. The molecule has 1 aromatic heterocycles. The molecule has 128 valence electrons. The Morgan fingerprint density at radius 1 is 1.20 bits per heavy atom. The third-order valence-electron chi connectivity index (χ3n) is 3.75. The van der Waals surface area contributed by atoms with Gasteiger partial charge in [-0.2, -0.15) is 0 Å². The maximum Gasteiger partial charge on any atom is 0.264 e. The smallest absolute Gasteiger partial charge is 0.264 e. The predicted octanol–water partition coefficient (Wildman–Crippen LogP) is 5.10. The molecule has 25 heavy (non-hydrogen) atoms. The second kappa shape index (κ2) is 7.68. The van der Waals surface area contributed by atoms with Crippen molar-refractivity contribution < 1.29 is 9.53 Å². The molecule has 0 aliphatic heterocycles. The fraction of sp³-hybridized carbons (Fsp3) is 0.158. The van der Waals surface area contributed by atoms with Crippen molar-refractivity contribution in [3.63, 3.8) is 0 Å². The summed E-state index contributed by atoms with van der Waals surface area (Å²) < 4.78 is 5.53. The first-order valence-corrected chi connectivity index (χ1v) is 8.99. The summed E-state index contributed by atoms with van der Waals surface area (Å²) in [5.74, 6) is 0.424. The molecule has 0 aliphatic rings. The van der Waals surface area contributed by atoms with Crippen LogP contribution >= 0.6 is 22.9 Å². The van der Waals surface area contributed by atoms with Crippen LogP contribution in [0.5, 0.6) is 5.75 Å². The van der Waals surface area contributed by atoms with E-state index in [4.69, 9.17) is 16.3 Å². The minimum absolute atomic E-state index is 0.0660. The lowest BCUT2D eigenvalue weighted by molar-refractivity contribution is -0.118. The largest absolute Gasteiger partial charge is 0.484 e. The number of anilines is 1. The molecule has 0 bridgehead atoms. The van der Waals surface area contributed by atoms with Crippen molar-refractivity contribution in [2.45, 2.75) is 13.8 Å². The Bertz CT molecular complexity index is 908.